The van der Waals surface area contributed by atoms with E-state index in [1.165, 1.54) is 18.2 Å². The van der Waals surface area contributed by atoms with Gasteiger partial charge in [-0.15, -0.1) is 11.6 Å². The number of aldehydes is 1. The first-order valence-electron chi connectivity index (χ1n) is 4.61. The molecule has 0 saturated carbocycles. The number of benzene rings is 1. The fourth-order valence-electron chi connectivity index (χ4n) is 1.16. The van der Waals surface area contributed by atoms with Crippen LogP contribution < -0.4 is 0 Å². The van der Waals surface area contributed by atoms with E-state index in [9.17, 15) is 13.2 Å². The average Bonchev–Trinajstić information content (AvgIpc) is 2.27. The summed E-state index contributed by atoms with van der Waals surface area (Å²) in [6, 6.07) is 6.29. The molecule has 3 nitrogen and oxygen atoms in total. The van der Waals surface area contributed by atoms with Crippen LogP contribution in [0, 0.1) is 0 Å². The quantitative estimate of drug-likeness (QED) is 0.461. The minimum absolute atomic E-state index is 0.0713. The highest BCUT2D eigenvalue weighted by molar-refractivity contribution is 7.91. The summed E-state index contributed by atoms with van der Waals surface area (Å²) in [6.45, 7) is 0. The van der Waals surface area contributed by atoms with Crippen LogP contribution in [0.15, 0.2) is 35.2 Å². The number of sulfone groups is 1. The molecule has 0 aromatic heterocycles. The van der Waals surface area contributed by atoms with Crippen molar-refractivity contribution in [3.8, 4) is 0 Å². The maximum absolute atomic E-state index is 11.6. The molecular weight excluding hydrogens is 248 g/mol. The average molecular weight is 259 g/mol. The molecule has 0 atom stereocenters. The fourth-order valence-corrected chi connectivity index (χ4v) is 2.76. The summed E-state index contributed by atoms with van der Waals surface area (Å²) < 4.78 is 23.2. The molecule has 0 amide bonds. The van der Waals surface area contributed by atoms with Crippen LogP contribution in [0.5, 0.6) is 0 Å². The molecule has 0 spiro atoms. The van der Waals surface area contributed by atoms with Crippen molar-refractivity contribution in [1.29, 1.82) is 0 Å². The van der Waals surface area contributed by atoms with Gasteiger partial charge in [0.05, 0.1) is 10.6 Å². The van der Waals surface area contributed by atoms with Gasteiger partial charge in [0.2, 0.25) is 0 Å². The van der Waals surface area contributed by atoms with Gasteiger partial charge in [0.15, 0.2) is 9.84 Å². The lowest BCUT2D eigenvalue weighted by Gasteiger charge is -2.02. The summed E-state index contributed by atoms with van der Waals surface area (Å²) in [4.78, 5) is 10.3. The minimum Gasteiger partial charge on any atom is -0.299 e. The number of carbonyl (C=O) groups is 1. The first-order chi connectivity index (χ1) is 7.60. The van der Waals surface area contributed by atoms with E-state index in [0.717, 1.165) is 5.56 Å². The van der Waals surface area contributed by atoms with Crippen molar-refractivity contribution in [3.63, 3.8) is 0 Å². The summed E-state index contributed by atoms with van der Waals surface area (Å²) in [7, 11) is -3.27. The van der Waals surface area contributed by atoms with Gasteiger partial charge in [-0.2, -0.15) is 0 Å². The monoisotopic (exact) mass is 258 g/mol. The number of alkyl halides is 1. The molecule has 0 radical (unpaired) electrons. The molecule has 0 bridgehead atoms. The molecule has 1 aromatic rings. The molecule has 0 aliphatic carbocycles. The zero-order chi connectivity index (χ0) is 12.0. The first kappa shape index (κ1) is 12.9. The Hall–Kier alpha value is -1.13. The molecule has 1 rings (SSSR count). The van der Waals surface area contributed by atoms with Crippen LogP contribution in [-0.4, -0.2) is 26.3 Å². The lowest BCUT2D eigenvalue weighted by atomic mass is 10.2. The molecule has 0 aliphatic heterocycles. The number of hydrogen-bond donors (Lipinski definition) is 0. The second-order valence-corrected chi connectivity index (χ2v) is 5.56. The van der Waals surface area contributed by atoms with Crippen molar-refractivity contribution in [3.05, 3.63) is 35.9 Å². The molecule has 5 heteroatoms. The molecule has 0 heterocycles. The van der Waals surface area contributed by atoms with Gasteiger partial charge in [-0.25, -0.2) is 8.42 Å². The van der Waals surface area contributed by atoms with Gasteiger partial charge >= 0.3 is 0 Å². The normalized spacial score (nSPS) is 11.8. The summed E-state index contributed by atoms with van der Waals surface area (Å²) in [5, 5.41) is 0. The van der Waals surface area contributed by atoms with E-state index in [0.29, 0.717) is 6.29 Å². The Morgan fingerprint density at radius 3 is 2.31 bits per heavy atom. The van der Waals surface area contributed by atoms with Gasteiger partial charge in [-0.05, 0) is 23.8 Å². The van der Waals surface area contributed by atoms with Crippen molar-refractivity contribution < 1.29 is 13.2 Å². The van der Waals surface area contributed by atoms with Gasteiger partial charge in [-0.1, -0.05) is 18.2 Å². The van der Waals surface area contributed by atoms with E-state index in [2.05, 4.69) is 0 Å². The zero-order valence-corrected chi connectivity index (χ0v) is 10.0. The predicted molar refractivity (Wildman–Crippen MR) is 64.3 cm³/mol. The third-order valence-corrected chi connectivity index (χ3v) is 4.10. The van der Waals surface area contributed by atoms with E-state index in [4.69, 9.17) is 11.6 Å². The second-order valence-electron chi connectivity index (χ2n) is 3.07. The predicted octanol–water partition coefficient (Wildman–Crippen LogP) is 1.91. The molecule has 0 aliphatic rings. The molecule has 0 fully saturated rings. The minimum atomic E-state index is -3.27. The molecule has 0 N–H and O–H groups in total. The van der Waals surface area contributed by atoms with E-state index < -0.39 is 9.84 Å². The topological polar surface area (TPSA) is 51.2 Å². The number of allylic oxidation sites excluding steroid dienone is 1. The molecule has 16 heavy (non-hydrogen) atoms. The maximum Gasteiger partial charge on any atom is 0.179 e. The zero-order valence-electron chi connectivity index (χ0n) is 8.47. The Morgan fingerprint density at radius 1 is 1.19 bits per heavy atom. The Kier molecular flexibility index (Phi) is 4.71. The Balaban J connectivity index is 2.95. The Morgan fingerprint density at radius 2 is 1.81 bits per heavy atom. The van der Waals surface area contributed by atoms with Crippen LogP contribution in [0.2, 0.25) is 0 Å². The fraction of sp³-hybridized carbons (Fsp3) is 0.182. The standard InChI is InChI=1S/C11H11ClO3S/c12-7-9-16(14,15)11-5-3-10(4-6-11)2-1-8-13/h1-6,8H,7,9H2/b2-1+. The third kappa shape index (κ3) is 3.47. The van der Waals surface area contributed by atoms with Crippen molar-refractivity contribution in [2.75, 3.05) is 11.6 Å². The highest BCUT2D eigenvalue weighted by atomic mass is 35.5. The van der Waals surface area contributed by atoms with Crippen LogP contribution in [0.4, 0.5) is 0 Å². The van der Waals surface area contributed by atoms with Crippen LogP contribution in [0.25, 0.3) is 6.08 Å². The lowest BCUT2D eigenvalue weighted by Crippen LogP contribution is -2.07. The van der Waals surface area contributed by atoms with Gasteiger partial charge in [0, 0.05) is 5.88 Å². The number of halogens is 1. The van der Waals surface area contributed by atoms with Crippen LogP contribution in [-0.2, 0) is 14.6 Å². The van der Waals surface area contributed by atoms with Gasteiger partial charge in [0.25, 0.3) is 0 Å². The van der Waals surface area contributed by atoms with E-state index in [1.807, 2.05) is 0 Å². The van der Waals surface area contributed by atoms with Crippen molar-refractivity contribution >= 4 is 33.8 Å². The van der Waals surface area contributed by atoms with E-state index >= 15 is 0 Å². The highest BCUT2D eigenvalue weighted by Gasteiger charge is 2.12. The summed E-state index contributed by atoms with van der Waals surface area (Å²) in [5.41, 5.74) is 0.775. The largest absolute Gasteiger partial charge is 0.299 e. The summed E-state index contributed by atoms with van der Waals surface area (Å²) in [6.07, 6.45) is 3.62. The van der Waals surface area contributed by atoms with E-state index in [-0.39, 0.29) is 16.5 Å². The molecular formula is C11H11ClO3S. The Bertz CT molecular complexity index is 474. The van der Waals surface area contributed by atoms with E-state index in [1.54, 1.807) is 18.2 Å². The smallest absolute Gasteiger partial charge is 0.179 e. The first-order valence-corrected chi connectivity index (χ1v) is 6.79. The number of carbonyl (C=O) groups excluding carboxylic acids is 1. The van der Waals surface area contributed by atoms with Gasteiger partial charge in [-0.3, -0.25) is 4.79 Å². The second kappa shape index (κ2) is 5.82. The molecule has 0 unspecified atom stereocenters. The summed E-state index contributed by atoms with van der Waals surface area (Å²) >= 11 is 5.41. The van der Waals surface area contributed by atoms with Gasteiger partial charge < -0.3 is 0 Å². The molecule has 86 valence electrons. The lowest BCUT2D eigenvalue weighted by molar-refractivity contribution is -0.104. The Labute approximate surface area is 99.7 Å². The third-order valence-electron chi connectivity index (χ3n) is 1.95. The van der Waals surface area contributed by atoms with Crippen LogP contribution >= 0.6 is 11.6 Å². The summed E-state index contributed by atoms with van der Waals surface area (Å²) in [5.74, 6) is 0.00715. The number of rotatable bonds is 5. The molecule has 1 aromatic carbocycles. The van der Waals surface area contributed by atoms with Crippen molar-refractivity contribution in [2.45, 2.75) is 4.90 Å². The SMILES string of the molecule is O=C/C=C/c1ccc(S(=O)(=O)CCCl)cc1. The number of hydrogen-bond acceptors (Lipinski definition) is 3. The van der Waals surface area contributed by atoms with Crippen LogP contribution in [0.1, 0.15) is 5.56 Å². The highest BCUT2D eigenvalue weighted by Crippen LogP contribution is 2.13. The molecule has 0 saturated heterocycles. The van der Waals surface area contributed by atoms with Crippen molar-refractivity contribution in [2.24, 2.45) is 0 Å². The van der Waals surface area contributed by atoms with Crippen LogP contribution in [0.3, 0.4) is 0 Å². The van der Waals surface area contributed by atoms with Crippen molar-refractivity contribution in [1.82, 2.24) is 0 Å². The maximum atomic E-state index is 11.6. The van der Waals surface area contributed by atoms with Gasteiger partial charge in [0.1, 0.15) is 6.29 Å².